The number of nitrogen functional groups attached to an aromatic ring is 1. The maximum Gasteiger partial charge on any atom is 0.0736 e. The zero-order valence-electron chi connectivity index (χ0n) is 11.2. The van der Waals surface area contributed by atoms with Crippen LogP contribution in [0.3, 0.4) is 0 Å². The topological polar surface area (TPSA) is 47.3 Å². The number of para-hydroxylation sites is 2. The number of anilines is 2. The van der Waals surface area contributed by atoms with E-state index in [1.54, 1.807) is 0 Å². The molecule has 0 radical (unpaired) electrons. The Hall–Kier alpha value is -2.00. The van der Waals surface area contributed by atoms with Gasteiger partial charge in [-0.05, 0) is 24.6 Å². The van der Waals surface area contributed by atoms with Crippen LogP contribution in [0.4, 0.5) is 11.4 Å². The van der Waals surface area contributed by atoms with E-state index in [0.29, 0.717) is 6.61 Å². The standard InChI is InChI=1S/C16H20N2O/c1-2-19-12-14-8-4-6-10-16(14)18-11-13-7-3-5-9-15(13)17/h3-10,18H,2,11-12,17H2,1H3. The van der Waals surface area contributed by atoms with Crippen molar-refractivity contribution in [3.8, 4) is 0 Å². The number of ether oxygens (including phenoxy) is 1. The van der Waals surface area contributed by atoms with Crippen molar-refractivity contribution in [1.82, 2.24) is 0 Å². The van der Waals surface area contributed by atoms with Gasteiger partial charge in [0, 0.05) is 30.1 Å². The van der Waals surface area contributed by atoms with Gasteiger partial charge >= 0.3 is 0 Å². The Bertz CT molecular complexity index is 526. The highest BCUT2D eigenvalue weighted by atomic mass is 16.5. The average Bonchev–Trinajstić information content (AvgIpc) is 2.45. The van der Waals surface area contributed by atoms with Crippen molar-refractivity contribution in [3.05, 3.63) is 59.7 Å². The van der Waals surface area contributed by atoms with E-state index in [4.69, 9.17) is 10.5 Å². The highest BCUT2D eigenvalue weighted by Crippen LogP contribution is 2.18. The van der Waals surface area contributed by atoms with E-state index in [1.807, 2.05) is 43.3 Å². The summed E-state index contributed by atoms with van der Waals surface area (Å²) in [5.74, 6) is 0. The summed E-state index contributed by atoms with van der Waals surface area (Å²) in [4.78, 5) is 0. The SMILES string of the molecule is CCOCc1ccccc1NCc1ccccc1N. The van der Waals surface area contributed by atoms with Gasteiger partial charge in [-0.25, -0.2) is 0 Å². The third kappa shape index (κ3) is 3.73. The van der Waals surface area contributed by atoms with E-state index >= 15 is 0 Å². The second-order valence-electron chi connectivity index (χ2n) is 4.35. The Balaban J connectivity index is 2.05. The Morgan fingerprint density at radius 2 is 1.68 bits per heavy atom. The van der Waals surface area contributed by atoms with Crippen LogP contribution in [-0.4, -0.2) is 6.61 Å². The molecule has 100 valence electrons. The lowest BCUT2D eigenvalue weighted by Gasteiger charge is -2.13. The number of hydrogen-bond acceptors (Lipinski definition) is 3. The predicted octanol–water partition coefficient (Wildman–Crippen LogP) is 3.42. The van der Waals surface area contributed by atoms with Crippen LogP contribution in [0.15, 0.2) is 48.5 Å². The van der Waals surface area contributed by atoms with Gasteiger partial charge < -0.3 is 15.8 Å². The van der Waals surface area contributed by atoms with Gasteiger partial charge in [0.2, 0.25) is 0 Å². The molecule has 0 heterocycles. The fraction of sp³-hybridized carbons (Fsp3) is 0.250. The molecular weight excluding hydrogens is 236 g/mol. The van der Waals surface area contributed by atoms with E-state index in [1.165, 1.54) is 5.56 Å². The van der Waals surface area contributed by atoms with Crippen molar-refractivity contribution in [2.45, 2.75) is 20.1 Å². The zero-order valence-corrected chi connectivity index (χ0v) is 11.2. The normalized spacial score (nSPS) is 10.4. The third-order valence-corrected chi connectivity index (χ3v) is 3.00. The van der Waals surface area contributed by atoms with Gasteiger partial charge in [0.1, 0.15) is 0 Å². The van der Waals surface area contributed by atoms with E-state index in [2.05, 4.69) is 17.4 Å². The third-order valence-electron chi connectivity index (χ3n) is 3.00. The molecule has 0 bridgehead atoms. The van der Waals surface area contributed by atoms with Crippen molar-refractivity contribution in [1.29, 1.82) is 0 Å². The molecule has 0 atom stereocenters. The molecule has 0 aromatic heterocycles. The van der Waals surface area contributed by atoms with Crippen LogP contribution in [0.25, 0.3) is 0 Å². The lowest BCUT2D eigenvalue weighted by Crippen LogP contribution is -2.05. The van der Waals surface area contributed by atoms with Crippen LogP contribution in [0.1, 0.15) is 18.1 Å². The van der Waals surface area contributed by atoms with Crippen LogP contribution in [0.2, 0.25) is 0 Å². The van der Waals surface area contributed by atoms with Gasteiger partial charge in [-0.3, -0.25) is 0 Å². The molecular formula is C16H20N2O. The Labute approximate surface area is 114 Å². The van der Waals surface area contributed by atoms with Gasteiger partial charge in [-0.1, -0.05) is 36.4 Å². The van der Waals surface area contributed by atoms with E-state index < -0.39 is 0 Å². The Morgan fingerprint density at radius 1 is 1.00 bits per heavy atom. The number of nitrogens with one attached hydrogen (secondary N) is 1. The fourth-order valence-electron chi connectivity index (χ4n) is 1.92. The number of rotatable bonds is 6. The molecule has 2 aromatic rings. The molecule has 0 aliphatic rings. The summed E-state index contributed by atoms with van der Waals surface area (Å²) >= 11 is 0. The summed E-state index contributed by atoms with van der Waals surface area (Å²) in [6, 6.07) is 16.1. The van der Waals surface area contributed by atoms with Gasteiger partial charge in [0.15, 0.2) is 0 Å². The summed E-state index contributed by atoms with van der Waals surface area (Å²) < 4.78 is 5.47. The predicted molar refractivity (Wildman–Crippen MR) is 80.0 cm³/mol. The lowest BCUT2D eigenvalue weighted by atomic mass is 10.1. The number of nitrogens with two attached hydrogens (primary N) is 1. The maximum absolute atomic E-state index is 5.94. The highest BCUT2D eigenvalue weighted by Gasteiger charge is 2.02. The molecule has 19 heavy (non-hydrogen) atoms. The van der Waals surface area contributed by atoms with Crippen LogP contribution in [0.5, 0.6) is 0 Å². The van der Waals surface area contributed by atoms with Crippen LogP contribution in [0, 0.1) is 0 Å². The Kier molecular flexibility index (Phi) is 4.81. The van der Waals surface area contributed by atoms with E-state index in [9.17, 15) is 0 Å². The molecule has 0 saturated carbocycles. The van der Waals surface area contributed by atoms with Crippen molar-refractivity contribution in [2.24, 2.45) is 0 Å². The second-order valence-corrected chi connectivity index (χ2v) is 4.35. The maximum atomic E-state index is 5.94. The molecule has 2 aromatic carbocycles. The lowest BCUT2D eigenvalue weighted by molar-refractivity contribution is 0.134. The quantitative estimate of drug-likeness (QED) is 0.778. The minimum Gasteiger partial charge on any atom is -0.398 e. The summed E-state index contributed by atoms with van der Waals surface area (Å²) in [6.07, 6.45) is 0. The monoisotopic (exact) mass is 256 g/mol. The molecule has 3 heteroatoms. The minimum absolute atomic E-state index is 0.629. The smallest absolute Gasteiger partial charge is 0.0736 e. The molecule has 0 amide bonds. The van der Waals surface area contributed by atoms with Gasteiger partial charge in [0.25, 0.3) is 0 Å². The highest BCUT2D eigenvalue weighted by molar-refractivity contribution is 5.53. The molecule has 0 aliphatic carbocycles. The van der Waals surface area contributed by atoms with Crippen molar-refractivity contribution >= 4 is 11.4 Å². The zero-order chi connectivity index (χ0) is 13.5. The van der Waals surface area contributed by atoms with Gasteiger partial charge in [0.05, 0.1) is 6.61 Å². The van der Waals surface area contributed by atoms with Crippen LogP contribution >= 0.6 is 0 Å². The minimum atomic E-state index is 0.629. The molecule has 0 saturated heterocycles. The summed E-state index contributed by atoms with van der Waals surface area (Å²) in [6.45, 7) is 4.07. The molecule has 0 fully saturated rings. The second kappa shape index (κ2) is 6.81. The van der Waals surface area contributed by atoms with E-state index in [0.717, 1.165) is 30.1 Å². The summed E-state index contributed by atoms with van der Waals surface area (Å²) in [7, 11) is 0. The first-order valence-corrected chi connectivity index (χ1v) is 6.54. The van der Waals surface area contributed by atoms with Crippen molar-refractivity contribution in [3.63, 3.8) is 0 Å². The van der Waals surface area contributed by atoms with Gasteiger partial charge in [-0.2, -0.15) is 0 Å². The molecule has 2 rings (SSSR count). The molecule has 3 N–H and O–H groups in total. The molecule has 0 unspecified atom stereocenters. The molecule has 0 aliphatic heterocycles. The first-order valence-electron chi connectivity index (χ1n) is 6.54. The summed E-state index contributed by atoms with van der Waals surface area (Å²) in [5, 5.41) is 3.42. The number of benzene rings is 2. The average molecular weight is 256 g/mol. The van der Waals surface area contributed by atoms with E-state index in [-0.39, 0.29) is 0 Å². The first-order chi connectivity index (χ1) is 9.31. The van der Waals surface area contributed by atoms with Gasteiger partial charge in [-0.15, -0.1) is 0 Å². The number of hydrogen-bond donors (Lipinski definition) is 2. The molecule has 0 spiro atoms. The fourth-order valence-corrected chi connectivity index (χ4v) is 1.92. The van der Waals surface area contributed by atoms with Crippen molar-refractivity contribution < 1.29 is 4.74 Å². The molecule has 3 nitrogen and oxygen atoms in total. The van der Waals surface area contributed by atoms with Crippen LogP contribution in [-0.2, 0) is 17.9 Å². The largest absolute Gasteiger partial charge is 0.398 e. The summed E-state index contributed by atoms with van der Waals surface area (Å²) in [5.41, 5.74) is 10.1. The Morgan fingerprint density at radius 3 is 2.42 bits per heavy atom. The van der Waals surface area contributed by atoms with Crippen molar-refractivity contribution in [2.75, 3.05) is 17.7 Å². The first kappa shape index (κ1) is 13.4. The van der Waals surface area contributed by atoms with Crippen LogP contribution < -0.4 is 11.1 Å².